The van der Waals surface area contributed by atoms with Gasteiger partial charge in [0.2, 0.25) is 0 Å². The summed E-state index contributed by atoms with van der Waals surface area (Å²) in [4.78, 5) is 0. The van der Waals surface area contributed by atoms with Crippen LogP contribution in [0.1, 0.15) is 261 Å². The Morgan fingerprint density at radius 1 is 0.284 bits per heavy atom. The minimum absolute atomic E-state index is 0.0747. The normalized spacial score (nSPS) is 14.3. The van der Waals surface area contributed by atoms with E-state index in [1.54, 1.807) is 64.0 Å². The van der Waals surface area contributed by atoms with Gasteiger partial charge >= 0.3 is 0 Å². The lowest BCUT2D eigenvalue weighted by molar-refractivity contribution is 0.0101. The largest absolute Gasteiger partial charge is 0.396 e. The summed E-state index contributed by atoms with van der Waals surface area (Å²) >= 11 is 0. The van der Waals surface area contributed by atoms with Gasteiger partial charge in [-0.25, -0.2) is 0 Å². The van der Waals surface area contributed by atoms with E-state index in [0.717, 1.165) is 128 Å². The van der Waals surface area contributed by atoms with Crippen LogP contribution >= 0.6 is 0 Å². The number of hydrogen-bond donors (Lipinski definition) is 5. The predicted octanol–water partition coefficient (Wildman–Crippen LogP) is 19.7. The lowest BCUT2D eigenvalue weighted by Crippen LogP contribution is -2.32. The molecule has 102 heavy (non-hydrogen) atoms. The molecule has 0 aliphatic heterocycles. The molecular formula is C86H194O16. The summed E-state index contributed by atoms with van der Waals surface area (Å²) < 4.78 is 55.4. The molecule has 0 aromatic heterocycles. The molecule has 0 radical (unpaired) electrons. The van der Waals surface area contributed by atoms with Gasteiger partial charge in [-0.1, -0.05) is 215 Å². The zero-order valence-electron chi connectivity index (χ0n) is 76.8. The standard InChI is InChI=1S/C9H20O2.C9H20O.3C8H18O2.3C8H18O.C7H16O2.C7H16O.C6H14O/c1-8(2)9(3,5-6-10)7-11-4;1-8(2)9(3,4)6-7-10-5;1-7(2)8(3,5-9)6-10-4;1-7(2)8(6-9)4-5-10-3;1-7(2)8(4-5-9)6-10-3;1-7(2)8(3,4)6-9-5;2*1-5-9-6-8(4)7(2)3;1-6(2)7(4-8)5-9-3;1-6(2)7(3)5-8-4;1-6(2)4-5-7-3/h8,10H,5-7H2,1-4H3;8H,6-7H2,1-5H3;7,9H,5-6H2,1-4H3;2*7-9H,4-6H2,1-3H3;7H,6H2,1-5H3;2*7-8H,5-6H2,1-4H3;6-8H,4-5H2,1-3H3;6-7H,5H2,1-4H3;6H,4-5H2,1-3H3. The van der Waals surface area contributed by atoms with E-state index in [1.165, 1.54) is 6.42 Å². The summed E-state index contributed by atoms with van der Waals surface area (Å²) in [6, 6.07) is 0. The molecule has 8 atom stereocenters. The van der Waals surface area contributed by atoms with Gasteiger partial charge < -0.3 is 77.6 Å². The zero-order chi connectivity index (χ0) is 82.9. The highest BCUT2D eigenvalue weighted by atomic mass is 16.5. The van der Waals surface area contributed by atoms with Crippen LogP contribution in [0.25, 0.3) is 0 Å². The van der Waals surface area contributed by atoms with E-state index < -0.39 is 0 Å². The second-order valence-corrected chi connectivity index (χ2v) is 33.8. The van der Waals surface area contributed by atoms with Crippen molar-refractivity contribution in [2.45, 2.75) is 261 Å². The summed E-state index contributed by atoms with van der Waals surface area (Å²) in [6.45, 7) is 83.6. The van der Waals surface area contributed by atoms with Crippen LogP contribution in [-0.4, -0.2) is 208 Å². The SMILES string of the molecule is CCOCC(C)C(C)C.CCOCC(C)C(C)C.COCC(C)(C)C(C)C.COCC(C)(CCO)C(C)C.COCC(C)(CO)C(C)C.COCC(C)C(C)C.COCC(CCO)C(C)C.COCC(CO)C(C)C.COCCC(C)(C)C(C)C.COCCC(C)C.COCCC(CO)C(C)C. The first-order chi connectivity index (χ1) is 47.1. The van der Waals surface area contributed by atoms with Gasteiger partial charge in [-0.2, -0.15) is 0 Å². The van der Waals surface area contributed by atoms with Crippen LogP contribution in [0.2, 0.25) is 0 Å². The molecule has 634 valence electrons. The maximum absolute atomic E-state index is 9.01. The molecule has 0 fully saturated rings. The number of methoxy groups -OCH3 is 9. The molecule has 16 nitrogen and oxygen atoms in total. The van der Waals surface area contributed by atoms with E-state index in [1.807, 2.05) is 20.8 Å². The Morgan fingerprint density at radius 2 is 0.618 bits per heavy atom. The summed E-state index contributed by atoms with van der Waals surface area (Å²) in [6.07, 6.45) is 4.96. The smallest absolute Gasteiger partial charge is 0.0540 e. The van der Waals surface area contributed by atoms with Crippen molar-refractivity contribution < 1.29 is 77.6 Å². The van der Waals surface area contributed by atoms with Crippen LogP contribution < -0.4 is 0 Å². The number of hydrogen-bond acceptors (Lipinski definition) is 16. The van der Waals surface area contributed by atoms with E-state index >= 15 is 0 Å². The molecular weight excluding hydrogens is 1290 g/mol. The lowest BCUT2D eigenvalue weighted by atomic mass is 9.77. The minimum atomic E-state index is -0.0747. The van der Waals surface area contributed by atoms with Crippen molar-refractivity contribution in [3.05, 3.63) is 0 Å². The predicted molar refractivity (Wildman–Crippen MR) is 443 cm³/mol. The Morgan fingerprint density at radius 3 is 0.814 bits per heavy atom. The first-order valence-corrected chi connectivity index (χ1v) is 39.7. The van der Waals surface area contributed by atoms with Crippen molar-refractivity contribution in [3.63, 3.8) is 0 Å². The van der Waals surface area contributed by atoms with E-state index in [0.29, 0.717) is 95.1 Å². The molecule has 5 N–H and O–H groups in total. The van der Waals surface area contributed by atoms with Crippen molar-refractivity contribution in [2.75, 3.05) is 183 Å². The number of ether oxygens (including phenoxy) is 11. The average molecular weight is 1480 g/mol. The van der Waals surface area contributed by atoms with E-state index in [9.17, 15) is 0 Å². The maximum atomic E-state index is 9.01. The van der Waals surface area contributed by atoms with Gasteiger partial charge in [-0.3, -0.25) is 0 Å². The minimum Gasteiger partial charge on any atom is -0.396 e. The van der Waals surface area contributed by atoms with E-state index in [2.05, 4.69) is 208 Å². The molecule has 0 saturated carbocycles. The van der Waals surface area contributed by atoms with Crippen LogP contribution in [0.3, 0.4) is 0 Å². The Bertz CT molecular complexity index is 1480. The van der Waals surface area contributed by atoms with Crippen molar-refractivity contribution in [3.8, 4) is 0 Å². The van der Waals surface area contributed by atoms with Gasteiger partial charge in [0.25, 0.3) is 0 Å². The molecule has 0 amide bonds. The molecule has 8 unspecified atom stereocenters. The number of aliphatic hydroxyl groups excluding tert-OH is 5. The second kappa shape index (κ2) is 84.4. The van der Waals surface area contributed by atoms with E-state index in [-0.39, 0.29) is 43.9 Å². The van der Waals surface area contributed by atoms with Crippen LogP contribution in [0.15, 0.2) is 0 Å². The molecule has 16 heteroatoms. The lowest BCUT2D eigenvalue weighted by Gasteiger charge is -2.32. The van der Waals surface area contributed by atoms with Gasteiger partial charge in [-0.05, 0) is 157 Å². The molecule has 0 aliphatic rings. The molecule has 0 spiro atoms. The molecule has 0 rings (SSSR count). The van der Waals surface area contributed by atoms with Crippen LogP contribution in [0, 0.1) is 122 Å². The first-order valence-electron chi connectivity index (χ1n) is 39.7. The number of rotatable bonds is 44. The van der Waals surface area contributed by atoms with Crippen molar-refractivity contribution in [1.29, 1.82) is 0 Å². The van der Waals surface area contributed by atoms with E-state index in [4.69, 9.17) is 77.6 Å². The monoisotopic (exact) mass is 1480 g/mol. The van der Waals surface area contributed by atoms with Gasteiger partial charge in [0.1, 0.15) is 0 Å². The van der Waals surface area contributed by atoms with Gasteiger partial charge in [0.15, 0.2) is 0 Å². The third kappa shape index (κ3) is 90.0. The van der Waals surface area contributed by atoms with Crippen LogP contribution in [0.4, 0.5) is 0 Å². The highest BCUT2D eigenvalue weighted by Gasteiger charge is 2.28. The van der Waals surface area contributed by atoms with Gasteiger partial charge in [-0.15, -0.1) is 0 Å². The summed E-state index contributed by atoms with van der Waals surface area (Å²) in [5, 5.41) is 44.1. The Hall–Kier alpha value is -0.640. The molecule has 0 bridgehead atoms. The third-order valence-electron chi connectivity index (χ3n) is 20.5. The third-order valence-corrected chi connectivity index (χ3v) is 20.5. The summed E-state index contributed by atoms with van der Waals surface area (Å²) in [7, 11) is 15.4. The summed E-state index contributed by atoms with van der Waals surface area (Å²) in [5.41, 5.74) is 0.809. The Labute approximate surface area is 640 Å². The Kier molecular flexibility index (Phi) is 103. The summed E-state index contributed by atoms with van der Waals surface area (Å²) in [5.74, 6) is 10.4. The van der Waals surface area contributed by atoms with Crippen molar-refractivity contribution in [1.82, 2.24) is 0 Å². The highest BCUT2D eigenvalue weighted by Crippen LogP contribution is 2.32. The van der Waals surface area contributed by atoms with Gasteiger partial charge in [0.05, 0.1) is 33.0 Å². The maximum Gasteiger partial charge on any atom is 0.0540 e. The zero-order valence-corrected chi connectivity index (χ0v) is 76.8. The molecule has 0 heterocycles. The van der Waals surface area contributed by atoms with Gasteiger partial charge in [0, 0.05) is 161 Å². The molecule has 0 aromatic carbocycles. The molecule has 0 saturated heterocycles. The highest BCUT2D eigenvalue weighted by molar-refractivity contribution is 4.78. The Balaban J connectivity index is -0.0000000994. The molecule has 0 aliphatic carbocycles. The van der Waals surface area contributed by atoms with Crippen LogP contribution in [0.5, 0.6) is 0 Å². The van der Waals surface area contributed by atoms with Crippen molar-refractivity contribution >= 4 is 0 Å². The van der Waals surface area contributed by atoms with Crippen molar-refractivity contribution in [2.24, 2.45) is 122 Å². The topological polar surface area (TPSA) is 203 Å². The fourth-order valence-corrected chi connectivity index (χ4v) is 7.39. The first kappa shape index (κ1) is 125. The fraction of sp³-hybridized carbons (Fsp3) is 1.00. The second-order valence-electron chi connectivity index (χ2n) is 33.8. The molecule has 0 aromatic rings. The average Bonchev–Trinajstić information content (AvgIpc) is 0.913. The number of aliphatic hydroxyl groups is 5. The quantitative estimate of drug-likeness (QED) is 0.0385. The van der Waals surface area contributed by atoms with Crippen LogP contribution in [-0.2, 0) is 52.1 Å². The fourth-order valence-electron chi connectivity index (χ4n) is 7.39.